The van der Waals surface area contributed by atoms with Crippen LogP contribution in [0.25, 0.3) is 0 Å². The van der Waals surface area contributed by atoms with Crippen molar-refractivity contribution in [2.75, 3.05) is 25.0 Å². The van der Waals surface area contributed by atoms with Crippen LogP contribution in [0.3, 0.4) is 0 Å². The first-order chi connectivity index (χ1) is 10.1. The van der Waals surface area contributed by atoms with Gasteiger partial charge in [-0.2, -0.15) is 0 Å². The predicted octanol–water partition coefficient (Wildman–Crippen LogP) is 2.66. The molecular formula is C16H25IN4O. The zero-order valence-corrected chi connectivity index (χ0v) is 15.6. The Morgan fingerprint density at radius 2 is 1.95 bits per heavy atom. The van der Waals surface area contributed by atoms with Gasteiger partial charge in [0.2, 0.25) is 5.91 Å². The molecule has 0 atom stereocenters. The van der Waals surface area contributed by atoms with E-state index in [9.17, 15) is 4.79 Å². The van der Waals surface area contributed by atoms with E-state index < -0.39 is 0 Å². The highest BCUT2D eigenvalue weighted by Gasteiger charge is 2.16. The number of aryl methyl sites for hydroxylation is 2. The summed E-state index contributed by atoms with van der Waals surface area (Å²) in [6, 6.07) is 6.05. The lowest BCUT2D eigenvalue weighted by Gasteiger charge is -2.14. The van der Waals surface area contributed by atoms with Gasteiger partial charge in [-0.1, -0.05) is 6.07 Å². The molecule has 1 aliphatic heterocycles. The maximum atomic E-state index is 11.9. The van der Waals surface area contributed by atoms with E-state index in [1.807, 2.05) is 23.1 Å². The van der Waals surface area contributed by atoms with Crippen LogP contribution in [-0.2, 0) is 4.79 Å². The summed E-state index contributed by atoms with van der Waals surface area (Å²) in [6.45, 7) is 6.33. The molecule has 6 heteroatoms. The van der Waals surface area contributed by atoms with Gasteiger partial charge >= 0.3 is 0 Å². The molecule has 0 spiro atoms. The number of carbonyl (C=O) groups is 1. The summed E-state index contributed by atoms with van der Waals surface area (Å²) in [6.07, 6.45) is 2.66. The molecule has 0 unspecified atom stereocenters. The number of likely N-dealkylation sites (tertiary alicyclic amines) is 1. The van der Waals surface area contributed by atoms with Crippen LogP contribution in [0.4, 0.5) is 5.69 Å². The average Bonchev–Trinajstić information content (AvgIpc) is 2.97. The number of amides is 1. The van der Waals surface area contributed by atoms with Gasteiger partial charge in [0.1, 0.15) is 0 Å². The van der Waals surface area contributed by atoms with Crippen molar-refractivity contribution < 1.29 is 4.79 Å². The lowest BCUT2D eigenvalue weighted by Crippen LogP contribution is -2.28. The van der Waals surface area contributed by atoms with Crippen molar-refractivity contribution >= 4 is 41.5 Å². The van der Waals surface area contributed by atoms with E-state index in [0.717, 1.165) is 31.6 Å². The number of carbonyl (C=O) groups excluding carboxylic acids is 1. The van der Waals surface area contributed by atoms with Crippen LogP contribution in [0.2, 0.25) is 0 Å². The van der Waals surface area contributed by atoms with Crippen LogP contribution in [0.1, 0.15) is 30.4 Å². The Labute approximate surface area is 149 Å². The van der Waals surface area contributed by atoms with Gasteiger partial charge < -0.3 is 16.0 Å². The Morgan fingerprint density at radius 1 is 1.27 bits per heavy atom. The lowest BCUT2D eigenvalue weighted by molar-refractivity contribution is -0.129. The van der Waals surface area contributed by atoms with Gasteiger partial charge in [0.15, 0.2) is 5.96 Å². The second-order valence-corrected chi connectivity index (χ2v) is 5.53. The van der Waals surface area contributed by atoms with Crippen molar-refractivity contribution in [1.82, 2.24) is 4.90 Å². The highest BCUT2D eigenvalue weighted by molar-refractivity contribution is 14.0. The molecule has 2 rings (SSSR count). The second kappa shape index (κ2) is 8.97. The van der Waals surface area contributed by atoms with Crippen molar-refractivity contribution in [2.45, 2.75) is 33.1 Å². The molecule has 1 aromatic rings. The van der Waals surface area contributed by atoms with Crippen LogP contribution in [0.5, 0.6) is 0 Å². The molecule has 1 saturated heterocycles. The number of guanidine groups is 1. The number of rotatable bonds is 4. The Bertz CT molecular complexity index is 539. The fourth-order valence-corrected chi connectivity index (χ4v) is 2.40. The molecule has 5 nitrogen and oxygen atoms in total. The number of benzene rings is 1. The fourth-order valence-electron chi connectivity index (χ4n) is 2.40. The summed E-state index contributed by atoms with van der Waals surface area (Å²) < 4.78 is 0. The normalized spacial score (nSPS) is 14.6. The molecule has 0 radical (unpaired) electrons. The molecule has 22 heavy (non-hydrogen) atoms. The Hall–Kier alpha value is -1.31. The third kappa shape index (κ3) is 5.47. The number of anilines is 1. The molecule has 0 aromatic heterocycles. The number of nitrogens with two attached hydrogens (primary N) is 1. The van der Waals surface area contributed by atoms with E-state index in [0.29, 0.717) is 18.9 Å². The van der Waals surface area contributed by atoms with Gasteiger partial charge in [-0.3, -0.25) is 9.79 Å². The monoisotopic (exact) mass is 416 g/mol. The first kappa shape index (κ1) is 18.7. The number of hydrogen-bond donors (Lipinski definition) is 2. The third-order valence-electron chi connectivity index (χ3n) is 3.85. The first-order valence-electron chi connectivity index (χ1n) is 7.48. The highest BCUT2D eigenvalue weighted by atomic mass is 127. The van der Waals surface area contributed by atoms with Crippen molar-refractivity contribution in [1.29, 1.82) is 0 Å². The van der Waals surface area contributed by atoms with Crippen molar-refractivity contribution in [3.05, 3.63) is 29.3 Å². The van der Waals surface area contributed by atoms with Crippen molar-refractivity contribution in [3.8, 4) is 0 Å². The maximum absolute atomic E-state index is 11.9. The predicted molar refractivity (Wildman–Crippen MR) is 102 cm³/mol. The number of aliphatic imine (C=N–C) groups is 1. The molecule has 1 aliphatic rings. The highest BCUT2D eigenvalue weighted by Crippen LogP contribution is 2.13. The topological polar surface area (TPSA) is 70.7 Å². The van der Waals surface area contributed by atoms with E-state index in [1.165, 1.54) is 11.1 Å². The SMILES string of the molecule is Cc1ccc(NC(N)=NCCC(=O)N2CCCC2)cc1C.I. The van der Waals surface area contributed by atoms with Gasteiger partial charge in [-0.25, -0.2) is 0 Å². The van der Waals surface area contributed by atoms with Crippen LogP contribution in [0.15, 0.2) is 23.2 Å². The second-order valence-electron chi connectivity index (χ2n) is 5.53. The molecule has 0 saturated carbocycles. The Morgan fingerprint density at radius 3 is 2.59 bits per heavy atom. The summed E-state index contributed by atoms with van der Waals surface area (Å²) in [7, 11) is 0. The summed E-state index contributed by atoms with van der Waals surface area (Å²) >= 11 is 0. The zero-order valence-electron chi connectivity index (χ0n) is 13.3. The number of hydrogen-bond acceptors (Lipinski definition) is 2. The van der Waals surface area contributed by atoms with E-state index in [4.69, 9.17) is 5.73 Å². The van der Waals surface area contributed by atoms with Crippen molar-refractivity contribution in [3.63, 3.8) is 0 Å². The molecule has 1 amide bonds. The minimum atomic E-state index is 0. The molecule has 1 aromatic carbocycles. The molecule has 1 heterocycles. The average molecular weight is 416 g/mol. The summed E-state index contributed by atoms with van der Waals surface area (Å²) in [5, 5.41) is 3.06. The minimum absolute atomic E-state index is 0. The molecule has 3 N–H and O–H groups in total. The molecule has 0 aliphatic carbocycles. The molecular weight excluding hydrogens is 391 g/mol. The smallest absolute Gasteiger partial charge is 0.224 e. The van der Waals surface area contributed by atoms with Crippen LogP contribution in [0, 0.1) is 13.8 Å². The van der Waals surface area contributed by atoms with E-state index in [2.05, 4.69) is 24.2 Å². The van der Waals surface area contributed by atoms with Crippen LogP contribution >= 0.6 is 24.0 Å². The van der Waals surface area contributed by atoms with Gasteiger partial charge in [0.25, 0.3) is 0 Å². The first-order valence-corrected chi connectivity index (χ1v) is 7.48. The van der Waals surface area contributed by atoms with Crippen molar-refractivity contribution in [2.24, 2.45) is 10.7 Å². The number of nitrogens with zero attached hydrogens (tertiary/aromatic N) is 2. The molecule has 1 fully saturated rings. The van der Waals surface area contributed by atoms with Crippen LogP contribution in [-0.4, -0.2) is 36.4 Å². The van der Waals surface area contributed by atoms with E-state index in [-0.39, 0.29) is 29.9 Å². The summed E-state index contributed by atoms with van der Waals surface area (Å²) in [4.78, 5) is 18.0. The van der Waals surface area contributed by atoms with Gasteiger partial charge in [0, 0.05) is 25.2 Å². The lowest BCUT2D eigenvalue weighted by atomic mass is 10.1. The standard InChI is InChI=1S/C16H24N4O.HI/c1-12-5-6-14(11-13(12)2)19-16(17)18-8-7-15(21)20-9-3-4-10-20;/h5-6,11H,3-4,7-10H2,1-2H3,(H3,17,18,19);1H. The maximum Gasteiger partial charge on any atom is 0.224 e. The zero-order chi connectivity index (χ0) is 15.2. The summed E-state index contributed by atoms with van der Waals surface area (Å²) in [5.41, 5.74) is 9.22. The van der Waals surface area contributed by atoms with E-state index >= 15 is 0 Å². The molecule has 0 bridgehead atoms. The van der Waals surface area contributed by atoms with Crippen LogP contribution < -0.4 is 11.1 Å². The third-order valence-corrected chi connectivity index (χ3v) is 3.85. The number of nitrogens with one attached hydrogen (secondary N) is 1. The number of halogens is 1. The fraction of sp³-hybridized carbons (Fsp3) is 0.500. The largest absolute Gasteiger partial charge is 0.370 e. The summed E-state index contributed by atoms with van der Waals surface area (Å²) in [5.74, 6) is 0.530. The van der Waals surface area contributed by atoms with E-state index in [1.54, 1.807) is 0 Å². The van der Waals surface area contributed by atoms with Gasteiger partial charge in [0.05, 0.1) is 6.54 Å². The molecule has 122 valence electrons. The Balaban J connectivity index is 0.00000242. The quantitative estimate of drug-likeness (QED) is 0.451. The van der Waals surface area contributed by atoms with Gasteiger partial charge in [-0.15, -0.1) is 24.0 Å². The minimum Gasteiger partial charge on any atom is -0.370 e. The van der Waals surface area contributed by atoms with Gasteiger partial charge in [-0.05, 0) is 49.9 Å². The Kier molecular flexibility index (Phi) is 7.64.